The molecule has 5 heteroatoms. The Kier molecular flexibility index (Phi) is 3.72. The maximum Gasteiger partial charge on any atom is 0.263 e. The summed E-state index contributed by atoms with van der Waals surface area (Å²) in [6.45, 7) is 0. The largest absolute Gasteiger partial charge is 0.263 e. The van der Waals surface area contributed by atoms with E-state index in [-0.39, 0.29) is 23.0 Å². The standard InChI is InChI=1S/C20H15F2N2.BrH/c21-20(22)17-13-5-1-3-7-15(13)19(24-11-9-23-10-12-24)16-8-4-2-6-14(16)18(17)20;/h1-12,17-19H;1H/q+1;/t17-,18+,19?;. The SMILES string of the molecule is Br.FC1(F)[C@@H]2c3ccccc3C([n+]3ccncc3)c3ccccc3[C@@H]21. The highest BCUT2D eigenvalue weighted by Crippen LogP contribution is 2.69. The first-order valence-corrected chi connectivity index (χ1v) is 8.06. The number of halogens is 3. The van der Waals surface area contributed by atoms with Crippen LogP contribution >= 0.6 is 17.0 Å². The normalized spacial score (nSPS) is 24.8. The van der Waals surface area contributed by atoms with Crippen molar-refractivity contribution in [1.29, 1.82) is 0 Å². The van der Waals surface area contributed by atoms with Crippen molar-refractivity contribution >= 4 is 17.0 Å². The maximum atomic E-state index is 14.6. The molecule has 3 aromatic rings. The fourth-order valence-corrected chi connectivity index (χ4v) is 4.18. The molecule has 2 aliphatic rings. The van der Waals surface area contributed by atoms with Gasteiger partial charge in [0.15, 0.2) is 12.4 Å². The van der Waals surface area contributed by atoms with Crippen LogP contribution in [-0.4, -0.2) is 10.9 Å². The fraction of sp³-hybridized carbons (Fsp3) is 0.200. The lowest BCUT2D eigenvalue weighted by Crippen LogP contribution is -2.41. The summed E-state index contributed by atoms with van der Waals surface area (Å²) in [6.07, 6.45) is 7.25. The third-order valence-corrected chi connectivity index (χ3v) is 5.25. The fourth-order valence-electron chi connectivity index (χ4n) is 4.18. The van der Waals surface area contributed by atoms with Crippen molar-refractivity contribution in [3.8, 4) is 0 Å². The van der Waals surface area contributed by atoms with Gasteiger partial charge in [-0.05, 0) is 11.1 Å². The van der Waals surface area contributed by atoms with Crippen LogP contribution in [0.5, 0.6) is 0 Å². The number of aromatic nitrogens is 2. The monoisotopic (exact) mass is 401 g/mol. The molecule has 3 atom stereocenters. The molecule has 0 radical (unpaired) electrons. The molecule has 5 rings (SSSR count). The summed E-state index contributed by atoms with van der Waals surface area (Å²) in [7, 11) is 0. The van der Waals surface area contributed by atoms with Crippen LogP contribution in [0.25, 0.3) is 0 Å². The molecule has 0 saturated heterocycles. The van der Waals surface area contributed by atoms with Gasteiger partial charge >= 0.3 is 0 Å². The quantitative estimate of drug-likeness (QED) is 0.551. The van der Waals surface area contributed by atoms with Gasteiger partial charge in [-0.3, -0.25) is 4.98 Å². The summed E-state index contributed by atoms with van der Waals surface area (Å²) in [5.41, 5.74) is 3.42. The van der Waals surface area contributed by atoms with E-state index in [0.29, 0.717) is 0 Å². The van der Waals surface area contributed by atoms with Crippen molar-refractivity contribution < 1.29 is 13.3 Å². The van der Waals surface area contributed by atoms with Crippen LogP contribution < -0.4 is 4.57 Å². The molecule has 1 unspecified atom stereocenters. The Morgan fingerprint density at radius 1 is 0.760 bits per heavy atom. The molecule has 2 aromatic carbocycles. The Bertz CT molecular complexity index is 874. The molecule has 1 heterocycles. The molecule has 0 N–H and O–H groups in total. The van der Waals surface area contributed by atoms with Crippen molar-refractivity contribution in [3.63, 3.8) is 0 Å². The highest BCUT2D eigenvalue weighted by Gasteiger charge is 2.71. The summed E-state index contributed by atoms with van der Waals surface area (Å²) >= 11 is 0. The molecule has 2 nitrogen and oxygen atoms in total. The van der Waals surface area contributed by atoms with Crippen molar-refractivity contribution in [2.45, 2.75) is 23.8 Å². The Morgan fingerprint density at radius 3 is 1.68 bits per heavy atom. The van der Waals surface area contributed by atoms with E-state index in [4.69, 9.17) is 0 Å². The molecule has 0 spiro atoms. The van der Waals surface area contributed by atoms with E-state index in [2.05, 4.69) is 4.98 Å². The molecule has 0 bridgehead atoms. The van der Waals surface area contributed by atoms with E-state index < -0.39 is 17.8 Å². The molecule has 2 aliphatic carbocycles. The first kappa shape index (κ1) is 16.3. The first-order valence-electron chi connectivity index (χ1n) is 8.06. The predicted molar refractivity (Wildman–Crippen MR) is 95.3 cm³/mol. The summed E-state index contributed by atoms with van der Waals surface area (Å²) in [5.74, 6) is -4.11. The van der Waals surface area contributed by atoms with Gasteiger partial charge in [-0.25, -0.2) is 8.78 Å². The Hall–Kier alpha value is -2.14. The van der Waals surface area contributed by atoms with Gasteiger partial charge in [-0.15, -0.1) is 17.0 Å². The summed E-state index contributed by atoms with van der Waals surface area (Å²) < 4.78 is 31.2. The Labute approximate surface area is 154 Å². The van der Waals surface area contributed by atoms with Gasteiger partial charge in [0, 0.05) is 11.1 Å². The van der Waals surface area contributed by atoms with Gasteiger partial charge in [-0.1, -0.05) is 48.5 Å². The van der Waals surface area contributed by atoms with Crippen molar-refractivity contribution in [3.05, 3.63) is 95.6 Å². The van der Waals surface area contributed by atoms with Gasteiger partial charge in [0.05, 0.1) is 24.2 Å². The predicted octanol–water partition coefficient (Wildman–Crippen LogP) is 4.41. The lowest BCUT2D eigenvalue weighted by atomic mass is 9.92. The van der Waals surface area contributed by atoms with Gasteiger partial charge in [0.25, 0.3) is 5.92 Å². The van der Waals surface area contributed by atoms with Gasteiger partial charge in [-0.2, -0.15) is 4.57 Å². The summed E-state index contributed by atoms with van der Waals surface area (Å²) in [4.78, 5) is 4.08. The molecule has 0 aliphatic heterocycles. The van der Waals surface area contributed by atoms with E-state index in [1.54, 1.807) is 12.4 Å². The molecule has 0 amide bonds. The number of fused-ring (bicyclic) bond motifs is 5. The lowest BCUT2D eigenvalue weighted by Gasteiger charge is -2.18. The number of nitrogens with zero attached hydrogens (tertiary/aromatic N) is 2. The molecular weight excluding hydrogens is 386 g/mol. The third-order valence-electron chi connectivity index (χ3n) is 5.25. The molecule has 1 fully saturated rings. The lowest BCUT2D eigenvalue weighted by molar-refractivity contribution is -0.705. The second kappa shape index (κ2) is 5.70. The summed E-state index contributed by atoms with van der Waals surface area (Å²) in [5, 5.41) is 0. The Morgan fingerprint density at radius 2 is 1.20 bits per heavy atom. The Balaban J connectivity index is 0.00000157. The van der Waals surface area contributed by atoms with E-state index in [0.717, 1.165) is 22.3 Å². The third kappa shape index (κ3) is 2.25. The summed E-state index contributed by atoms with van der Waals surface area (Å²) in [6, 6.07) is 15.1. The van der Waals surface area contributed by atoms with E-state index in [9.17, 15) is 8.78 Å². The minimum absolute atomic E-state index is 0. The first-order chi connectivity index (χ1) is 11.7. The number of hydrogen-bond donors (Lipinski definition) is 0. The smallest absolute Gasteiger partial charge is 0.252 e. The molecular formula is C20H16BrF2N2+. The molecule has 1 aromatic heterocycles. The number of rotatable bonds is 1. The van der Waals surface area contributed by atoms with Crippen molar-refractivity contribution in [2.75, 3.05) is 0 Å². The van der Waals surface area contributed by atoms with Gasteiger partial charge in [0.2, 0.25) is 6.04 Å². The van der Waals surface area contributed by atoms with Gasteiger partial charge < -0.3 is 0 Å². The van der Waals surface area contributed by atoms with Crippen molar-refractivity contribution in [1.82, 2.24) is 4.98 Å². The van der Waals surface area contributed by atoms with Crippen LogP contribution in [0.15, 0.2) is 73.3 Å². The molecule has 126 valence electrons. The second-order valence-electron chi connectivity index (χ2n) is 6.48. The van der Waals surface area contributed by atoms with E-state index in [1.165, 1.54) is 0 Å². The highest BCUT2D eigenvalue weighted by atomic mass is 79.9. The van der Waals surface area contributed by atoms with Crippen LogP contribution in [0.2, 0.25) is 0 Å². The zero-order chi connectivity index (χ0) is 16.3. The number of alkyl halides is 2. The zero-order valence-electron chi connectivity index (χ0n) is 13.2. The van der Waals surface area contributed by atoms with Crippen LogP contribution in [0.3, 0.4) is 0 Å². The number of benzene rings is 2. The van der Waals surface area contributed by atoms with E-state index >= 15 is 0 Å². The van der Waals surface area contributed by atoms with E-state index in [1.807, 2.05) is 65.5 Å². The van der Waals surface area contributed by atoms with Crippen LogP contribution in [0, 0.1) is 0 Å². The molecule has 1 saturated carbocycles. The van der Waals surface area contributed by atoms with Crippen LogP contribution in [-0.2, 0) is 0 Å². The minimum atomic E-state index is -2.67. The average Bonchev–Trinajstić information content (AvgIpc) is 3.22. The minimum Gasteiger partial charge on any atom is -0.252 e. The van der Waals surface area contributed by atoms with Gasteiger partial charge in [0.1, 0.15) is 0 Å². The van der Waals surface area contributed by atoms with Crippen LogP contribution in [0.1, 0.15) is 40.1 Å². The molecule has 25 heavy (non-hydrogen) atoms. The maximum absolute atomic E-state index is 14.6. The average molecular weight is 402 g/mol. The highest BCUT2D eigenvalue weighted by molar-refractivity contribution is 8.93. The van der Waals surface area contributed by atoms with Crippen molar-refractivity contribution in [2.24, 2.45) is 0 Å². The second-order valence-corrected chi connectivity index (χ2v) is 6.48. The topological polar surface area (TPSA) is 16.8 Å². The number of hydrogen-bond acceptors (Lipinski definition) is 1. The van der Waals surface area contributed by atoms with Crippen LogP contribution in [0.4, 0.5) is 8.78 Å². The zero-order valence-corrected chi connectivity index (χ0v) is 14.9.